The average molecular weight is 354 g/mol. The number of nitrogens with zero attached hydrogens (tertiary/aromatic N) is 4. The van der Waals surface area contributed by atoms with Crippen molar-refractivity contribution in [3.63, 3.8) is 0 Å². The third-order valence-electron chi connectivity index (χ3n) is 3.08. The molecule has 0 saturated carbocycles. The van der Waals surface area contributed by atoms with Gasteiger partial charge < -0.3 is 5.11 Å². The van der Waals surface area contributed by atoms with E-state index >= 15 is 0 Å². The smallest absolute Gasteiger partial charge is 0.338 e. The molecule has 0 aliphatic carbocycles. The van der Waals surface area contributed by atoms with E-state index in [1.54, 1.807) is 18.2 Å². The number of aromatic hydroxyl groups is 1. The molecular weight excluding hydrogens is 340 g/mol. The first-order valence-corrected chi connectivity index (χ1v) is 8.26. The van der Waals surface area contributed by atoms with Crippen LogP contribution in [-0.2, 0) is 16.7 Å². The Morgan fingerprint density at radius 1 is 1.17 bits per heavy atom. The summed E-state index contributed by atoms with van der Waals surface area (Å²) in [5.74, 6) is -1.65. The standard InChI is InChI=1S/C13H14N4O6S/c1-14-15-10-11(18)16(7-8-24(21,22)23)13(20)17(12(10)19)9-5-3-2-4-6-9/h2-6,18H,7-8H2,1H3,(H,21,22,23). The Balaban J connectivity index is 2.79. The van der Waals surface area contributed by atoms with Crippen molar-refractivity contribution in [1.29, 1.82) is 0 Å². The molecule has 24 heavy (non-hydrogen) atoms. The molecular formula is C13H14N4O6S. The third kappa shape index (κ3) is 3.58. The first-order valence-electron chi connectivity index (χ1n) is 6.65. The van der Waals surface area contributed by atoms with Crippen LogP contribution in [0.4, 0.5) is 5.69 Å². The van der Waals surface area contributed by atoms with Crippen LogP contribution in [0.1, 0.15) is 0 Å². The van der Waals surface area contributed by atoms with E-state index in [9.17, 15) is 23.1 Å². The summed E-state index contributed by atoms with van der Waals surface area (Å²) >= 11 is 0. The lowest BCUT2D eigenvalue weighted by atomic mass is 10.3. The Labute approximate surface area is 136 Å². The largest absolute Gasteiger partial charge is 0.493 e. The summed E-state index contributed by atoms with van der Waals surface area (Å²) in [5.41, 5.74) is -2.18. The number of rotatable bonds is 5. The minimum absolute atomic E-state index is 0.209. The fourth-order valence-electron chi connectivity index (χ4n) is 2.03. The van der Waals surface area contributed by atoms with E-state index in [1.165, 1.54) is 19.2 Å². The van der Waals surface area contributed by atoms with Crippen molar-refractivity contribution >= 4 is 15.8 Å². The van der Waals surface area contributed by atoms with E-state index in [-0.39, 0.29) is 5.69 Å². The zero-order valence-corrected chi connectivity index (χ0v) is 13.3. The normalized spacial score (nSPS) is 11.9. The lowest BCUT2D eigenvalue weighted by Crippen LogP contribution is -2.39. The van der Waals surface area contributed by atoms with Gasteiger partial charge in [0.05, 0.1) is 11.4 Å². The summed E-state index contributed by atoms with van der Waals surface area (Å²) in [6.45, 7) is -0.567. The van der Waals surface area contributed by atoms with Gasteiger partial charge in [-0.2, -0.15) is 13.5 Å². The van der Waals surface area contributed by atoms with Crippen LogP contribution in [0.5, 0.6) is 5.88 Å². The third-order valence-corrected chi connectivity index (χ3v) is 3.78. The van der Waals surface area contributed by atoms with Gasteiger partial charge in [-0.15, -0.1) is 5.11 Å². The van der Waals surface area contributed by atoms with Gasteiger partial charge in [0.2, 0.25) is 11.6 Å². The second kappa shape index (κ2) is 6.76. The maximum Gasteiger partial charge on any atom is 0.338 e. The van der Waals surface area contributed by atoms with Gasteiger partial charge in [-0.1, -0.05) is 18.2 Å². The molecule has 0 atom stereocenters. The highest BCUT2D eigenvalue weighted by Gasteiger charge is 2.20. The number of azo groups is 1. The SMILES string of the molecule is CN=Nc1c(O)n(CCS(=O)(=O)O)c(=O)n(-c2ccccc2)c1=O. The monoisotopic (exact) mass is 354 g/mol. The quantitative estimate of drug-likeness (QED) is 0.584. The van der Waals surface area contributed by atoms with Crippen molar-refractivity contribution in [2.45, 2.75) is 6.54 Å². The van der Waals surface area contributed by atoms with Gasteiger partial charge in [-0.05, 0) is 12.1 Å². The van der Waals surface area contributed by atoms with Gasteiger partial charge in [-0.25, -0.2) is 9.36 Å². The molecule has 0 aliphatic rings. The maximum atomic E-state index is 12.5. The van der Waals surface area contributed by atoms with Crippen LogP contribution in [0, 0.1) is 0 Å². The molecule has 11 heteroatoms. The van der Waals surface area contributed by atoms with Crippen molar-refractivity contribution in [1.82, 2.24) is 9.13 Å². The first kappa shape index (κ1) is 17.6. The first-order chi connectivity index (χ1) is 11.3. The minimum Gasteiger partial charge on any atom is -0.493 e. The van der Waals surface area contributed by atoms with E-state index in [4.69, 9.17) is 4.55 Å². The molecule has 0 bridgehead atoms. The number of hydrogen-bond acceptors (Lipinski definition) is 7. The molecule has 0 aliphatic heterocycles. The van der Waals surface area contributed by atoms with Gasteiger partial charge >= 0.3 is 5.69 Å². The Bertz CT molecular complexity index is 992. The van der Waals surface area contributed by atoms with Gasteiger partial charge in [-0.3, -0.25) is 13.9 Å². The Kier molecular flexibility index (Phi) is 4.95. The zero-order valence-electron chi connectivity index (χ0n) is 12.5. The summed E-state index contributed by atoms with van der Waals surface area (Å²) in [4.78, 5) is 24.9. The Hall–Kier alpha value is -2.79. The highest BCUT2D eigenvalue weighted by Crippen LogP contribution is 2.21. The Morgan fingerprint density at radius 2 is 1.79 bits per heavy atom. The molecule has 0 spiro atoms. The molecule has 2 rings (SSSR count). The molecule has 0 radical (unpaired) electrons. The highest BCUT2D eigenvalue weighted by atomic mass is 32.2. The molecule has 0 fully saturated rings. The molecule has 1 aromatic heterocycles. The van der Waals surface area contributed by atoms with Crippen molar-refractivity contribution in [2.24, 2.45) is 10.2 Å². The molecule has 2 aromatic rings. The van der Waals surface area contributed by atoms with Gasteiger partial charge in [0, 0.05) is 13.6 Å². The van der Waals surface area contributed by atoms with Crippen molar-refractivity contribution in [3.8, 4) is 11.6 Å². The van der Waals surface area contributed by atoms with Crippen LogP contribution in [0.2, 0.25) is 0 Å². The van der Waals surface area contributed by atoms with Gasteiger partial charge in [0.25, 0.3) is 15.7 Å². The van der Waals surface area contributed by atoms with E-state index in [1.807, 2.05) is 0 Å². The second-order valence-corrected chi connectivity index (χ2v) is 6.24. The topological polar surface area (TPSA) is 143 Å². The van der Waals surface area contributed by atoms with Gasteiger partial charge in [0.1, 0.15) is 0 Å². The fourth-order valence-corrected chi connectivity index (χ4v) is 2.44. The van der Waals surface area contributed by atoms with E-state index in [0.29, 0.717) is 4.57 Å². The molecule has 2 N–H and O–H groups in total. The van der Waals surface area contributed by atoms with Crippen LogP contribution in [0.25, 0.3) is 5.69 Å². The lowest BCUT2D eigenvalue weighted by molar-refractivity contribution is 0.401. The minimum atomic E-state index is -4.38. The fraction of sp³-hybridized carbons (Fsp3) is 0.231. The van der Waals surface area contributed by atoms with E-state index in [0.717, 1.165) is 4.57 Å². The summed E-state index contributed by atoms with van der Waals surface area (Å²) in [5, 5.41) is 17.0. The van der Waals surface area contributed by atoms with Crippen LogP contribution in [0.3, 0.4) is 0 Å². The predicted molar refractivity (Wildman–Crippen MR) is 84.8 cm³/mol. The molecule has 1 aromatic carbocycles. The predicted octanol–water partition coefficient (Wildman–Crippen LogP) is 0.306. The lowest BCUT2D eigenvalue weighted by Gasteiger charge is -2.13. The van der Waals surface area contributed by atoms with Crippen LogP contribution < -0.4 is 11.2 Å². The number of hydrogen-bond donors (Lipinski definition) is 2. The van der Waals surface area contributed by atoms with Crippen LogP contribution in [-0.4, -0.2) is 40.0 Å². The molecule has 0 unspecified atom stereocenters. The summed E-state index contributed by atoms with van der Waals surface area (Å²) in [6, 6.07) is 7.84. The van der Waals surface area contributed by atoms with Crippen LogP contribution in [0.15, 0.2) is 50.1 Å². The zero-order chi connectivity index (χ0) is 17.9. The second-order valence-electron chi connectivity index (χ2n) is 4.67. The van der Waals surface area contributed by atoms with Gasteiger partial charge in [0.15, 0.2) is 0 Å². The molecule has 1 heterocycles. The summed E-state index contributed by atoms with van der Waals surface area (Å²) in [6.07, 6.45) is 0. The van der Waals surface area contributed by atoms with Crippen LogP contribution >= 0.6 is 0 Å². The molecule has 128 valence electrons. The number of para-hydroxylation sites is 1. The molecule has 0 amide bonds. The molecule has 0 saturated heterocycles. The van der Waals surface area contributed by atoms with E-state index < -0.39 is 45.2 Å². The summed E-state index contributed by atoms with van der Waals surface area (Å²) in [7, 11) is -3.12. The highest BCUT2D eigenvalue weighted by molar-refractivity contribution is 7.85. The maximum absolute atomic E-state index is 12.5. The molecule has 10 nitrogen and oxygen atoms in total. The average Bonchev–Trinajstić information content (AvgIpc) is 2.51. The number of aromatic nitrogens is 2. The summed E-state index contributed by atoms with van der Waals surface area (Å²) < 4.78 is 32.0. The Morgan fingerprint density at radius 3 is 2.33 bits per heavy atom. The van der Waals surface area contributed by atoms with E-state index in [2.05, 4.69) is 10.2 Å². The van der Waals surface area contributed by atoms with Crippen molar-refractivity contribution < 1.29 is 18.1 Å². The van der Waals surface area contributed by atoms with Crippen molar-refractivity contribution in [3.05, 3.63) is 51.2 Å². The van der Waals surface area contributed by atoms with Crippen molar-refractivity contribution in [2.75, 3.05) is 12.8 Å². The number of benzene rings is 1.